The Balaban J connectivity index is 2.04. The van der Waals surface area contributed by atoms with Gasteiger partial charge in [0.15, 0.2) is 11.5 Å². The summed E-state index contributed by atoms with van der Waals surface area (Å²) >= 11 is 0. The molecule has 0 saturated heterocycles. The summed E-state index contributed by atoms with van der Waals surface area (Å²) < 4.78 is 10.9. The van der Waals surface area contributed by atoms with Crippen molar-refractivity contribution in [2.24, 2.45) is 0 Å². The van der Waals surface area contributed by atoms with Crippen molar-refractivity contribution in [2.45, 2.75) is 58.8 Å². The van der Waals surface area contributed by atoms with Gasteiger partial charge in [-0.1, -0.05) is 26.7 Å². The van der Waals surface area contributed by atoms with E-state index in [0.717, 1.165) is 25.7 Å². The van der Waals surface area contributed by atoms with E-state index in [1.54, 1.807) is 18.2 Å². The quantitative estimate of drug-likeness (QED) is 0.865. The van der Waals surface area contributed by atoms with Gasteiger partial charge in [0.1, 0.15) is 0 Å². The molecular formula is C16H23NO3. The van der Waals surface area contributed by atoms with Crippen LogP contribution in [0.15, 0.2) is 18.2 Å². The normalized spacial score (nSPS) is 16.5. The summed E-state index contributed by atoms with van der Waals surface area (Å²) in [6.07, 6.45) is 3.89. The Kier molecular flexibility index (Phi) is 4.88. The first-order valence-corrected chi connectivity index (χ1v) is 7.42. The number of ether oxygens (including phenoxy) is 2. The summed E-state index contributed by atoms with van der Waals surface area (Å²) in [5.41, 5.74) is 0.624. The molecule has 1 amide bonds. The van der Waals surface area contributed by atoms with Crippen molar-refractivity contribution in [3.63, 3.8) is 0 Å². The second kappa shape index (κ2) is 6.64. The molecule has 110 valence electrons. The smallest absolute Gasteiger partial charge is 0.251 e. The fourth-order valence-electron chi connectivity index (χ4n) is 2.47. The van der Waals surface area contributed by atoms with Crippen molar-refractivity contribution in [1.82, 2.24) is 5.32 Å². The molecule has 4 heteroatoms. The summed E-state index contributed by atoms with van der Waals surface area (Å²) in [4.78, 5) is 12.3. The second-order valence-electron chi connectivity index (χ2n) is 5.21. The molecule has 1 aliphatic heterocycles. The van der Waals surface area contributed by atoms with Crippen molar-refractivity contribution in [3.8, 4) is 11.5 Å². The molecule has 0 radical (unpaired) electrons. The zero-order valence-electron chi connectivity index (χ0n) is 12.4. The van der Waals surface area contributed by atoms with E-state index in [2.05, 4.69) is 19.2 Å². The van der Waals surface area contributed by atoms with Crippen LogP contribution >= 0.6 is 0 Å². The van der Waals surface area contributed by atoms with Gasteiger partial charge in [0.2, 0.25) is 6.29 Å². The number of nitrogens with one attached hydrogen (secondary N) is 1. The van der Waals surface area contributed by atoms with Gasteiger partial charge in [0.05, 0.1) is 0 Å². The van der Waals surface area contributed by atoms with Crippen molar-refractivity contribution >= 4 is 5.91 Å². The Bertz CT molecular complexity index is 467. The van der Waals surface area contributed by atoms with E-state index in [-0.39, 0.29) is 18.2 Å². The molecule has 1 heterocycles. The summed E-state index contributed by atoms with van der Waals surface area (Å²) in [5, 5.41) is 3.10. The van der Waals surface area contributed by atoms with Crippen molar-refractivity contribution in [3.05, 3.63) is 23.8 Å². The van der Waals surface area contributed by atoms with Crippen LogP contribution < -0.4 is 14.8 Å². The number of fused-ring (bicyclic) bond motifs is 1. The van der Waals surface area contributed by atoms with Gasteiger partial charge in [0, 0.05) is 18.5 Å². The summed E-state index contributed by atoms with van der Waals surface area (Å²) in [7, 11) is 0. The zero-order valence-corrected chi connectivity index (χ0v) is 12.4. The van der Waals surface area contributed by atoms with Gasteiger partial charge in [-0.25, -0.2) is 0 Å². The average molecular weight is 277 g/mol. The molecule has 1 aliphatic rings. The first kappa shape index (κ1) is 14.7. The third-order valence-electron chi connectivity index (χ3n) is 3.40. The Morgan fingerprint density at radius 3 is 2.50 bits per heavy atom. The molecule has 0 aromatic heterocycles. The van der Waals surface area contributed by atoms with Crippen LogP contribution in [0.3, 0.4) is 0 Å². The highest BCUT2D eigenvalue weighted by molar-refractivity contribution is 5.95. The molecule has 0 saturated carbocycles. The van der Waals surface area contributed by atoms with Crippen LogP contribution in [0.25, 0.3) is 0 Å². The van der Waals surface area contributed by atoms with Crippen LogP contribution in [0, 0.1) is 0 Å². The number of hydrogen-bond donors (Lipinski definition) is 1. The molecule has 20 heavy (non-hydrogen) atoms. The molecule has 1 unspecified atom stereocenters. The van der Waals surface area contributed by atoms with Gasteiger partial charge in [0.25, 0.3) is 5.91 Å². The Labute approximate surface area is 120 Å². The minimum atomic E-state index is -0.281. The lowest BCUT2D eigenvalue weighted by Gasteiger charge is -2.17. The van der Waals surface area contributed by atoms with Crippen LogP contribution in [0.4, 0.5) is 0 Å². The Morgan fingerprint density at radius 1 is 1.20 bits per heavy atom. The van der Waals surface area contributed by atoms with Crippen molar-refractivity contribution in [1.29, 1.82) is 0 Å². The highest BCUT2D eigenvalue weighted by Gasteiger charge is 2.22. The molecule has 0 spiro atoms. The largest absolute Gasteiger partial charge is 0.451 e. The summed E-state index contributed by atoms with van der Waals surface area (Å²) in [5.74, 6) is 1.31. The summed E-state index contributed by atoms with van der Waals surface area (Å²) in [6.45, 7) is 6.10. The molecule has 4 nitrogen and oxygen atoms in total. The van der Waals surface area contributed by atoms with Crippen LogP contribution in [0.2, 0.25) is 0 Å². The fraction of sp³-hybridized carbons (Fsp3) is 0.562. The van der Waals surface area contributed by atoms with E-state index in [0.29, 0.717) is 17.1 Å². The lowest BCUT2D eigenvalue weighted by Crippen LogP contribution is -2.34. The SMILES string of the molecule is CCCC(CCC)NC(=O)c1ccc2c(c1)OC(C)O2. The van der Waals surface area contributed by atoms with E-state index in [4.69, 9.17) is 9.47 Å². The highest BCUT2D eigenvalue weighted by atomic mass is 16.7. The van der Waals surface area contributed by atoms with Gasteiger partial charge in [-0.15, -0.1) is 0 Å². The van der Waals surface area contributed by atoms with Gasteiger partial charge in [-0.2, -0.15) is 0 Å². The molecule has 1 N–H and O–H groups in total. The number of hydrogen-bond acceptors (Lipinski definition) is 3. The third kappa shape index (κ3) is 3.44. The predicted molar refractivity (Wildman–Crippen MR) is 78.2 cm³/mol. The van der Waals surface area contributed by atoms with Crippen LogP contribution in [0.1, 0.15) is 56.8 Å². The molecule has 1 atom stereocenters. The summed E-state index contributed by atoms with van der Waals surface area (Å²) in [6, 6.07) is 5.58. The second-order valence-corrected chi connectivity index (χ2v) is 5.21. The topological polar surface area (TPSA) is 47.6 Å². The number of amides is 1. The standard InChI is InChI=1S/C16H23NO3/c1-4-6-13(7-5-2)17-16(18)12-8-9-14-15(10-12)20-11(3)19-14/h8-11,13H,4-7H2,1-3H3,(H,17,18). The lowest BCUT2D eigenvalue weighted by molar-refractivity contribution is 0.0677. The van der Waals surface area contributed by atoms with E-state index < -0.39 is 0 Å². The third-order valence-corrected chi connectivity index (χ3v) is 3.40. The van der Waals surface area contributed by atoms with Crippen LogP contribution in [-0.2, 0) is 0 Å². The number of carbonyl (C=O) groups excluding carboxylic acids is 1. The van der Waals surface area contributed by atoms with E-state index in [1.807, 2.05) is 6.92 Å². The van der Waals surface area contributed by atoms with Gasteiger partial charge < -0.3 is 14.8 Å². The minimum Gasteiger partial charge on any atom is -0.451 e. The monoisotopic (exact) mass is 277 g/mol. The molecule has 0 fully saturated rings. The van der Waals surface area contributed by atoms with Gasteiger partial charge in [-0.05, 0) is 31.0 Å². The number of carbonyl (C=O) groups is 1. The average Bonchev–Trinajstić information content (AvgIpc) is 2.78. The molecule has 0 aliphatic carbocycles. The minimum absolute atomic E-state index is 0.0390. The first-order chi connectivity index (χ1) is 9.63. The lowest BCUT2D eigenvalue weighted by atomic mass is 10.1. The van der Waals surface area contributed by atoms with Crippen LogP contribution in [0.5, 0.6) is 11.5 Å². The predicted octanol–water partition coefficient (Wildman–Crippen LogP) is 3.50. The number of benzene rings is 1. The molecular weight excluding hydrogens is 254 g/mol. The van der Waals surface area contributed by atoms with Crippen molar-refractivity contribution < 1.29 is 14.3 Å². The van der Waals surface area contributed by atoms with Gasteiger partial charge >= 0.3 is 0 Å². The molecule has 0 bridgehead atoms. The maximum Gasteiger partial charge on any atom is 0.251 e. The highest BCUT2D eigenvalue weighted by Crippen LogP contribution is 2.35. The fourth-order valence-corrected chi connectivity index (χ4v) is 2.47. The van der Waals surface area contributed by atoms with E-state index in [1.165, 1.54) is 0 Å². The van der Waals surface area contributed by atoms with Crippen molar-refractivity contribution in [2.75, 3.05) is 0 Å². The van der Waals surface area contributed by atoms with E-state index in [9.17, 15) is 4.79 Å². The molecule has 1 aromatic carbocycles. The molecule has 2 rings (SSSR count). The Morgan fingerprint density at radius 2 is 1.85 bits per heavy atom. The molecule has 1 aromatic rings. The van der Waals surface area contributed by atoms with Crippen LogP contribution in [-0.4, -0.2) is 18.2 Å². The Hall–Kier alpha value is -1.71. The van der Waals surface area contributed by atoms with E-state index >= 15 is 0 Å². The van der Waals surface area contributed by atoms with Gasteiger partial charge in [-0.3, -0.25) is 4.79 Å². The maximum atomic E-state index is 12.3. The first-order valence-electron chi connectivity index (χ1n) is 7.42. The number of rotatable bonds is 6. The maximum absolute atomic E-state index is 12.3. The zero-order chi connectivity index (χ0) is 14.5.